The fourth-order valence-corrected chi connectivity index (χ4v) is 1.44. The molecule has 1 aromatic carbocycles. The lowest BCUT2D eigenvalue weighted by atomic mass is 10.1. The molecule has 116 valence electrons. The number of alkyl halides is 3. The van der Waals surface area contributed by atoms with Gasteiger partial charge in [-0.05, 0) is 18.2 Å². The van der Waals surface area contributed by atoms with E-state index in [9.17, 15) is 22.8 Å². The van der Waals surface area contributed by atoms with Crippen LogP contribution in [-0.4, -0.2) is 37.3 Å². The Hall–Kier alpha value is -2.29. The summed E-state index contributed by atoms with van der Waals surface area (Å²) < 4.78 is 47.4. The van der Waals surface area contributed by atoms with E-state index in [2.05, 4.69) is 14.8 Å². The minimum Gasteiger partial charge on any atom is -0.496 e. The number of carboxylic acid groups (broad SMARTS) is 1. The van der Waals surface area contributed by atoms with E-state index in [0.717, 1.165) is 13.2 Å². The van der Waals surface area contributed by atoms with Crippen molar-refractivity contribution >= 4 is 17.6 Å². The molecule has 9 heteroatoms. The molecule has 0 saturated carbocycles. The van der Waals surface area contributed by atoms with E-state index in [1.165, 1.54) is 6.07 Å². The number of methoxy groups -OCH3 is 1. The summed E-state index contributed by atoms with van der Waals surface area (Å²) in [7, 11) is 1.10. The number of amides is 1. The van der Waals surface area contributed by atoms with Gasteiger partial charge in [0.1, 0.15) is 19.0 Å². The number of halogens is 3. The van der Waals surface area contributed by atoms with Crippen LogP contribution in [0.25, 0.3) is 0 Å². The molecule has 21 heavy (non-hydrogen) atoms. The van der Waals surface area contributed by atoms with Crippen LogP contribution in [0.15, 0.2) is 18.2 Å². The van der Waals surface area contributed by atoms with Gasteiger partial charge in [-0.15, -0.1) is 0 Å². The molecular formula is C12H12F3NO5. The fourth-order valence-electron chi connectivity index (χ4n) is 1.44. The summed E-state index contributed by atoms with van der Waals surface area (Å²) in [5.41, 5.74) is -1.14. The van der Waals surface area contributed by atoms with Crippen molar-refractivity contribution in [2.45, 2.75) is 6.18 Å². The molecule has 0 spiro atoms. The van der Waals surface area contributed by atoms with Crippen LogP contribution < -0.4 is 10.1 Å². The van der Waals surface area contributed by atoms with Crippen molar-refractivity contribution in [2.24, 2.45) is 0 Å². The Morgan fingerprint density at radius 2 is 1.95 bits per heavy atom. The molecule has 0 aromatic heterocycles. The van der Waals surface area contributed by atoms with E-state index in [1.807, 2.05) is 0 Å². The van der Waals surface area contributed by atoms with Crippen LogP contribution in [-0.2, 0) is 20.5 Å². The summed E-state index contributed by atoms with van der Waals surface area (Å²) in [6, 6.07) is 3.01. The first kappa shape index (κ1) is 16.8. The highest BCUT2D eigenvalue weighted by Gasteiger charge is 2.34. The van der Waals surface area contributed by atoms with Crippen LogP contribution in [0, 0.1) is 0 Å². The second-order valence-corrected chi connectivity index (χ2v) is 3.85. The van der Waals surface area contributed by atoms with E-state index in [-0.39, 0.29) is 11.4 Å². The molecular weight excluding hydrogens is 295 g/mol. The zero-order valence-electron chi connectivity index (χ0n) is 10.9. The monoisotopic (exact) mass is 307 g/mol. The zero-order valence-corrected chi connectivity index (χ0v) is 10.9. The number of rotatable bonds is 6. The number of benzene rings is 1. The second-order valence-electron chi connectivity index (χ2n) is 3.85. The van der Waals surface area contributed by atoms with Crippen LogP contribution in [0.5, 0.6) is 5.75 Å². The van der Waals surface area contributed by atoms with Crippen molar-refractivity contribution in [3.8, 4) is 5.75 Å². The maximum Gasteiger partial charge on any atom is 0.420 e. The minimum atomic E-state index is -4.63. The topological polar surface area (TPSA) is 84.9 Å². The van der Waals surface area contributed by atoms with E-state index in [1.54, 1.807) is 0 Å². The van der Waals surface area contributed by atoms with E-state index in [4.69, 9.17) is 5.11 Å². The van der Waals surface area contributed by atoms with Gasteiger partial charge in [0.25, 0.3) is 0 Å². The Labute approximate surface area is 117 Å². The lowest BCUT2D eigenvalue weighted by Gasteiger charge is -2.14. The van der Waals surface area contributed by atoms with Crippen LogP contribution in [0.4, 0.5) is 18.9 Å². The zero-order chi connectivity index (χ0) is 16.0. The van der Waals surface area contributed by atoms with Crippen LogP contribution in [0.2, 0.25) is 0 Å². The number of hydrogen-bond donors (Lipinski definition) is 2. The predicted octanol–water partition coefficient (Wildman–Crippen LogP) is 1.75. The van der Waals surface area contributed by atoms with Gasteiger partial charge in [0, 0.05) is 5.69 Å². The number of hydrogen-bond acceptors (Lipinski definition) is 4. The molecule has 0 fully saturated rings. The molecule has 0 heterocycles. The summed E-state index contributed by atoms with van der Waals surface area (Å²) >= 11 is 0. The van der Waals surface area contributed by atoms with Crippen molar-refractivity contribution < 1.29 is 37.3 Å². The van der Waals surface area contributed by atoms with Gasteiger partial charge in [-0.2, -0.15) is 13.2 Å². The third kappa shape index (κ3) is 5.30. The van der Waals surface area contributed by atoms with Gasteiger partial charge >= 0.3 is 12.1 Å². The molecule has 0 aliphatic heterocycles. The van der Waals surface area contributed by atoms with Crippen molar-refractivity contribution in [3.63, 3.8) is 0 Å². The predicted molar refractivity (Wildman–Crippen MR) is 65.1 cm³/mol. The van der Waals surface area contributed by atoms with Crippen molar-refractivity contribution in [1.82, 2.24) is 0 Å². The first-order chi connectivity index (χ1) is 9.74. The molecule has 6 nitrogen and oxygen atoms in total. The number of aliphatic carboxylic acids is 1. The van der Waals surface area contributed by atoms with Crippen molar-refractivity contribution in [2.75, 3.05) is 25.6 Å². The molecule has 1 rings (SSSR count). The average molecular weight is 307 g/mol. The molecule has 2 N–H and O–H groups in total. The second kappa shape index (κ2) is 6.93. The minimum absolute atomic E-state index is 0.105. The molecule has 1 aromatic rings. The highest BCUT2D eigenvalue weighted by atomic mass is 19.4. The number of carbonyl (C=O) groups is 2. The number of anilines is 1. The maximum atomic E-state index is 12.8. The highest BCUT2D eigenvalue weighted by Crippen LogP contribution is 2.37. The van der Waals surface area contributed by atoms with Gasteiger partial charge in [-0.1, -0.05) is 0 Å². The van der Waals surface area contributed by atoms with Crippen molar-refractivity contribution in [1.29, 1.82) is 0 Å². The third-order valence-corrected chi connectivity index (χ3v) is 2.25. The largest absolute Gasteiger partial charge is 0.496 e. The summed E-state index contributed by atoms with van der Waals surface area (Å²) in [6.07, 6.45) is -4.63. The maximum absolute atomic E-state index is 12.8. The normalized spacial score (nSPS) is 11.0. The van der Waals surface area contributed by atoms with Gasteiger partial charge in [-0.3, -0.25) is 4.79 Å². The average Bonchev–Trinajstić information content (AvgIpc) is 2.37. The van der Waals surface area contributed by atoms with Crippen molar-refractivity contribution in [3.05, 3.63) is 23.8 Å². The van der Waals surface area contributed by atoms with E-state index >= 15 is 0 Å². The van der Waals surface area contributed by atoms with Gasteiger partial charge in [0.15, 0.2) is 0 Å². The Kier molecular flexibility index (Phi) is 5.53. The first-order valence-electron chi connectivity index (χ1n) is 5.58. The van der Waals surface area contributed by atoms with Crippen LogP contribution in [0.3, 0.4) is 0 Å². The molecule has 1 amide bonds. The summed E-state index contributed by atoms with van der Waals surface area (Å²) in [5, 5.41) is 10.5. The highest BCUT2D eigenvalue weighted by molar-refractivity contribution is 5.92. The number of carbonyl (C=O) groups excluding carboxylic acids is 1. The Morgan fingerprint density at radius 1 is 1.29 bits per heavy atom. The van der Waals surface area contributed by atoms with Gasteiger partial charge in [0.2, 0.25) is 5.91 Å². The number of carboxylic acids is 1. The summed E-state index contributed by atoms with van der Waals surface area (Å²) in [5.74, 6) is -2.40. The van der Waals surface area contributed by atoms with Gasteiger partial charge < -0.3 is 19.9 Å². The smallest absolute Gasteiger partial charge is 0.420 e. The molecule has 0 unspecified atom stereocenters. The molecule has 0 radical (unpaired) electrons. The lowest BCUT2D eigenvalue weighted by Crippen LogP contribution is -2.21. The number of nitrogens with one attached hydrogen (secondary N) is 1. The molecule has 0 bridgehead atoms. The molecule has 0 atom stereocenters. The van der Waals surface area contributed by atoms with E-state index in [0.29, 0.717) is 6.07 Å². The molecule has 0 aliphatic rings. The molecule has 0 saturated heterocycles. The van der Waals surface area contributed by atoms with Crippen LogP contribution in [0.1, 0.15) is 5.56 Å². The SMILES string of the molecule is COc1ccc(NC(=O)COCC(=O)O)cc1C(F)(F)F. The fraction of sp³-hybridized carbons (Fsp3) is 0.333. The van der Waals surface area contributed by atoms with Gasteiger partial charge in [-0.25, -0.2) is 4.79 Å². The van der Waals surface area contributed by atoms with Gasteiger partial charge in [0.05, 0.1) is 12.7 Å². The first-order valence-corrected chi connectivity index (χ1v) is 5.58. The Bertz CT molecular complexity index is 530. The van der Waals surface area contributed by atoms with E-state index < -0.39 is 36.8 Å². The quantitative estimate of drug-likeness (QED) is 0.836. The Morgan fingerprint density at radius 3 is 2.48 bits per heavy atom. The summed E-state index contributed by atoms with van der Waals surface area (Å²) in [6.45, 7) is -1.26. The molecule has 0 aliphatic carbocycles. The Balaban J connectivity index is 2.76. The number of ether oxygens (including phenoxy) is 2. The third-order valence-electron chi connectivity index (χ3n) is 2.25. The standard InChI is InChI=1S/C12H12F3NO5/c1-20-9-3-2-7(4-8(9)12(13,14)15)16-10(17)5-21-6-11(18)19/h2-4H,5-6H2,1H3,(H,16,17)(H,18,19). The van der Waals surface area contributed by atoms with Crippen LogP contribution >= 0.6 is 0 Å². The lowest BCUT2D eigenvalue weighted by molar-refractivity contribution is -0.143. The summed E-state index contributed by atoms with van der Waals surface area (Å²) in [4.78, 5) is 21.5.